The summed E-state index contributed by atoms with van der Waals surface area (Å²) >= 11 is 1.37. The van der Waals surface area contributed by atoms with Gasteiger partial charge in [-0.2, -0.15) is 0 Å². The molecule has 2 aromatic rings. The fourth-order valence-electron chi connectivity index (χ4n) is 1.76. The Balaban J connectivity index is 2.13. The molecule has 2 N–H and O–H groups in total. The molecule has 1 aromatic heterocycles. The van der Waals surface area contributed by atoms with Gasteiger partial charge in [-0.15, -0.1) is 5.10 Å². The molecule has 0 aliphatic rings. The Morgan fingerprint density at radius 1 is 1.40 bits per heavy atom. The summed E-state index contributed by atoms with van der Waals surface area (Å²) in [5.74, 6) is 1.09. The topological polar surface area (TPSA) is 53.6 Å². The lowest BCUT2D eigenvalue weighted by atomic mass is 10.2. The zero-order chi connectivity index (χ0) is 14.5. The summed E-state index contributed by atoms with van der Waals surface area (Å²) in [6.45, 7) is 7.46. The van der Waals surface area contributed by atoms with Crippen LogP contribution in [0.2, 0.25) is 0 Å². The number of halogens is 1. The van der Waals surface area contributed by atoms with Crippen LogP contribution >= 0.6 is 11.8 Å². The minimum absolute atomic E-state index is 0.196. The Hall–Kier alpha value is -1.40. The highest BCUT2D eigenvalue weighted by Gasteiger charge is 2.12. The first-order valence-electron chi connectivity index (χ1n) is 6.61. The Kier molecular flexibility index (Phi) is 5.14. The van der Waals surface area contributed by atoms with Gasteiger partial charge in [-0.3, -0.25) is 5.10 Å². The molecule has 108 valence electrons. The minimum Gasteiger partial charge on any atom is -0.312 e. The van der Waals surface area contributed by atoms with Gasteiger partial charge >= 0.3 is 0 Å². The number of rotatable bonds is 6. The molecule has 1 heterocycles. The molecule has 0 spiro atoms. The summed E-state index contributed by atoms with van der Waals surface area (Å²) in [4.78, 5) is 5.09. The Morgan fingerprint density at radius 2 is 2.20 bits per heavy atom. The van der Waals surface area contributed by atoms with Crippen LogP contribution in [-0.2, 0) is 6.54 Å². The van der Waals surface area contributed by atoms with Crippen LogP contribution < -0.4 is 5.32 Å². The van der Waals surface area contributed by atoms with Gasteiger partial charge in [0.15, 0.2) is 0 Å². The molecular weight excluding hydrogens is 275 g/mol. The van der Waals surface area contributed by atoms with E-state index in [9.17, 15) is 4.39 Å². The molecule has 20 heavy (non-hydrogen) atoms. The maximum absolute atomic E-state index is 14.0. The number of hydrogen-bond donors (Lipinski definition) is 2. The molecule has 0 atom stereocenters. The molecule has 6 heteroatoms. The van der Waals surface area contributed by atoms with E-state index in [1.807, 2.05) is 13.0 Å². The monoisotopic (exact) mass is 294 g/mol. The van der Waals surface area contributed by atoms with Crippen molar-refractivity contribution in [1.82, 2.24) is 20.5 Å². The number of nitrogens with zero attached hydrogens (tertiary/aromatic N) is 2. The second-order valence-corrected chi connectivity index (χ2v) is 6.06. The Bertz CT molecular complexity index is 568. The SMILES string of the molecule is Cc1nc(Sc2cccc(F)c2CNCC(C)C)n[nH]1. The van der Waals surface area contributed by atoms with Crippen molar-refractivity contribution in [2.75, 3.05) is 6.54 Å². The lowest BCUT2D eigenvalue weighted by Gasteiger charge is -2.11. The quantitative estimate of drug-likeness (QED) is 0.859. The molecule has 0 bridgehead atoms. The van der Waals surface area contributed by atoms with E-state index in [1.165, 1.54) is 17.8 Å². The highest BCUT2D eigenvalue weighted by atomic mass is 32.2. The zero-order valence-electron chi connectivity index (χ0n) is 11.9. The van der Waals surface area contributed by atoms with Gasteiger partial charge in [-0.25, -0.2) is 9.37 Å². The largest absolute Gasteiger partial charge is 0.312 e. The summed E-state index contributed by atoms with van der Waals surface area (Å²) in [5, 5.41) is 10.7. The first-order valence-corrected chi connectivity index (χ1v) is 7.43. The van der Waals surface area contributed by atoms with Crippen LogP contribution in [0.1, 0.15) is 25.2 Å². The molecule has 0 amide bonds. The molecule has 0 unspecified atom stereocenters. The molecule has 0 saturated carbocycles. The van der Waals surface area contributed by atoms with E-state index >= 15 is 0 Å². The lowest BCUT2D eigenvalue weighted by Crippen LogP contribution is -2.20. The molecule has 0 radical (unpaired) electrons. The number of aryl methyl sites for hydroxylation is 1. The molecule has 1 aromatic carbocycles. The van der Waals surface area contributed by atoms with E-state index in [1.54, 1.807) is 6.07 Å². The third-order valence-electron chi connectivity index (χ3n) is 2.71. The third kappa shape index (κ3) is 4.05. The molecule has 2 rings (SSSR count). The van der Waals surface area contributed by atoms with E-state index in [4.69, 9.17) is 0 Å². The number of hydrogen-bond acceptors (Lipinski definition) is 4. The van der Waals surface area contributed by atoms with Crippen molar-refractivity contribution in [3.05, 3.63) is 35.4 Å². The molecule has 0 aliphatic heterocycles. The molecule has 0 fully saturated rings. The second kappa shape index (κ2) is 6.85. The summed E-state index contributed by atoms with van der Waals surface area (Å²) in [6, 6.07) is 5.09. The van der Waals surface area contributed by atoms with Gasteiger partial charge < -0.3 is 5.32 Å². The first kappa shape index (κ1) is 15.0. The van der Waals surface area contributed by atoms with Crippen LogP contribution in [0, 0.1) is 18.7 Å². The van der Waals surface area contributed by atoms with Crippen LogP contribution in [0.3, 0.4) is 0 Å². The van der Waals surface area contributed by atoms with Crippen LogP contribution in [-0.4, -0.2) is 21.7 Å². The first-order chi connectivity index (χ1) is 9.56. The minimum atomic E-state index is -0.196. The van der Waals surface area contributed by atoms with Gasteiger partial charge in [0.2, 0.25) is 5.16 Å². The number of aromatic amines is 1. The van der Waals surface area contributed by atoms with Crippen molar-refractivity contribution in [2.45, 2.75) is 37.4 Å². The molecule has 0 aliphatic carbocycles. The predicted molar refractivity (Wildman–Crippen MR) is 78.2 cm³/mol. The Morgan fingerprint density at radius 3 is 2.85 bits per heavy atom. The van der Waals surface area contributed by atoms with Gasteiger partial charge in [-0.05, 0) is 43.3 Å². The molecule has 4 nitrogen and oxygen atoms in total. The number of H-pyrrole nitrogens is 1. The van der Waals surface area contributed by atoms with Crippen molar-refractivity contribution < 1.29 is 4.39 Å². The predicted octanol–water partition coefficient (Wildman–Crippen LogP) is 3.15. The van der Waals surface area contributed by atoms with E-state index < -0.39 is 0 Å². The lowest BCUT2D eigenvalue weighted by molar-refractivity contribution is 0.530. The van der Waals surface area contributed by atoms with Gasteiger partial charge in [-0.1, -0.05) is 19.9 Å². The highest BCUT2D eigenvalue weighted by Crippen LogP contribution is 2.29. The van der Waals surface area contributed by atoms with Crippen LogP contribution in [0.25, 0.3) is 0 Å². The van der Waals surface area contributed by atoms with Crippen LogP contribution in [0.5, 0.6) is 0 Å². The zero-order valence-corrected chi connectivity index (χ0v) is 12.7. The van der Waals surface area contributed by atoms with Crippen LogP contribution in [0.4, 0.5) is 4.39 Å². The second-order valence-electron chi connectivity index (χ2n) is 5.05. The smallest absolute Gasteiger partial charge is 0.213 e. The van der Waals surface area contributed by atoms with Crippen molar-refractivity contribution in [3.63, 3.8) is 0 Å². The van der Waals surface area contributed by atoms with Crippen molar-refractivity contribution in [2.24, 2.45) is 5.92 Å². The Labute approximate surface area is 122 Å². The summed E-state index contributed by atoms with van der Waals surface area (Å²) in [5.41, 5.74) is 0.667. The highest BCUT2D eigenvalue weighted by molar-refractivity contribution is 7.99. The molecule has 0 saturated heterocycles. The maximum atomic E-state index is 14.0. The summed E-state index contributed by atoms with van der Waals surface area (Å²) < 4.78 is 14.0. The van der Waals surface area contributed by atoms with E-state index in [2.05, 4.69) is 34.3 Å². The number of nitrogens with one attached hydrogen (secondary N) is 2. The number of aromatic nitrogens is 3. The van der Waals surface area contributed by atoms with E-state index in [-0.39, 0.29) is 5.82 Å². The van der Waals surface area contributed by atoms with Crippen LogP contribution in [0.15, 0.2) is 28.3 Å². The average Bonchev–Trinajstić information content (AvgIpc) is 2.78. The fraction of sp³-hybridized carbons (Fsp3) is 0.429. The van der Waals surface area contributed by atoms with Gasteiger partial charge in [0.05, 0.1) is 0 Å². The normalized spacial score (nSPS) is 11.2. The fourth-order valence-corrected chi connectivity index (χ4v) is 2.67. The maximum Gasteiger partial charge on any atom is 0.213 e. The third-order valence-corrected chi connectivity index (χ3v) is 3.68. The van der Waals surface area contributed by atoms with E-state index in [0.717, 1.165) is 17.3 Å². The van der Waals surface area contributed by atoms with Crippen molar-refractivity contribution in [3.8, 4) is 0 Å². The summed E-state index contributed by atoms with van der Waals surface area (Å²) in [7, 11) is 0. The standard InChI is InChI=1S/C14H19FN4S/c1-9(2)7-16-8-11-12(15)5-4-6-13(11)20-14-17-10(3)18-19-14/h4-6,9,16H,7-8H2,1-3H3,(H,17,18,19). The molecular formula is C14H19FN4S. The van der Waals surface area contributed by atoms with Crippen molar-refractivity contribution in [1.29, 1.82) is 0 Å². The summed E-state index contributed by atoms with van der Waals surface area (Å²) in [6.07, 6.45) is 0. The van der Waals surface area contributed by atoms with Gasteiger partial charge in [0.1, 0.15) is 11.6 Å². The van der Waals surface area contributed by atoms with E-state index in [0.29, 0.717) is 23.2 Å². The van der Waals surface area contributed by atoms with Gasteiger partial charge in [0, 0.05) is 17.0 Å². The van der Waals surface area contributed by atoms with Crippen molar-refractivity contribution >= 4 is 11.8 Å². The number of benzene rings is 1. The van der Waals surface area contributed by atoms with Gasteiger partial charge in [0.25, 0.3) is 0 Å². The average molecular weight is 294 g/mol.